The van der Waals surface area contributed by atoms with Crippen LogP contribution in [0.1, 0.15) is 142 Å². The summed E-state index contributed by atoms with van der Waals surface area (Å²) in [6.45, 7) is 2.19. The van der Waals surface area contributed by atoms with Crippen molar-refractivity contribution in [1.29, 1.82) is 0 Å². The predicted octanol–water partition coefficient (Wildman–Crippen LogP) is 2.87. The Labute approximate surface area is 242 Å². The minimum atomic E-state index is -3.34. The number of carboxylic acids is 1. The molecule has 0 unspecified atom stereocenters. The summed E-state index contributed by atoms with van der Waals surface area (Å²) in [5, 5.41) is 10.3. The predicted molar refractivity (Wildman–Crippen MR) is 129 cm³/mol. The van der Waals surface area contributed by atoms with Gasteiger partial charge in [-0.25, -0.2) is 13.1 Å². The number of sulfonamides is 1. The van der Waals surface area contributed by atoms with Crippen LogP contribution in [0.4, 0.5) is 0 Å². The molecule has 32 heavy (non-hydrogen) atoms. The maximum absolute atomic E-state index is 11.7. The molecule has 0 aliphatic rings. The molecule has 186 valence electrons. The van der Waals surface area contributed by atoms with E-state index in [1.54, 1.807) is 0 Å². The molecule has 0 heterocycles. The van der Waals surface area contributed by atoms with Crippen LogP contribution in [0.3, 0.4) is 0 Å². The first kappa shape index (κ1) is 35.2. The SMILES string of the molecule is CCCCCCCCCCCCCCCCCCCCCCS(=O)(=O)NCCC(=O)[O-].[K+]. The maximum atomic E-state index is 11.7. The van der Waals surface area contributed by atoms with E-state index in [0.717, 1.165) is 12.8 Å². The summed E-state index contributed by atoms with van der Waals surface area (Å²) in [4.78, 5) is 10.3. The van der Waals surface area contributed by atoms with E-state index in [2.05, 4.69) is 11.6 Å². The molecule has 0 saturated carbocycles. The topological polar surface area (TPSA) is 86.3 Å². The van der Waals surface area contributed by atoms with Crippen LogP contribution in [0.2, 0.25) is 0 Å². The molecule has 0 atom stereocenters. The van der Waals surface area contributed by atoms with E-state index >= 15 is 0 Å². The van der Waals surface area contributed by atoms with E-state index in [4.69, 9.17) is 0 Å². The summed E-state index contributed by atoms with van der Waals surface area (Å²) in [5.41, 5.74) is 0. The smallest absolute Gasteiger partial charge is 0.550 e. The van der Waals surface area contributed by atoms with Gasteiger partial charge in [-0.1, -0.05) is 129 Å². The monoisotopic (exact) mass is 499 g/mol. The van der Waals surface area contributed by atoms with Crippen LogP contribution in [0.5, 0.6) is 0 Å². The number of carbonyl (C=O) groups excluding carboxylic acids is 1. The van der Waals surface area contributed by atoms with Crippen molar-refractivity contribution in [3.8, 4) is 0 Å². The van der Waals surface area contributed by atoms with Gasteiger partial charge in [0.05, 0.1) is 5.75 Å². The number of aliphatic carboxylic acids is 1. The van der Waals surface area contributed by atoms with Gasteiger partial charge in [0.1, 0.15) is 0 Å². The molecule has 5 nitrogen and oxygen atoms in total. The largest absolute Gasteiger partial charge is 1.00 e. The molecule has 0 aliphatic heterocycles. The first-order chi connectivity index (χ1) is 15.0. The van der Waals surface area contributed by atoms with Crippen LogP contribution in [-0.4, -0.2) is 26.7 Å². The van der Waals surface area contributed by atoms with Crippen molar-refractivity contribution < 1.29 is 69.7 Å². The van der Waals surface area contributed by atoms with Gasteiger partial charge in [0, 0.05) is 18.9 Å². The van der Waals surface area contributed by atoms with Crippen molar-refractivity contribution >= 4 is 16.0 Å². The van der Waals surface area contributed by atoms with Crippen molar-refractivity contribution in [3.63, 3.8) is 0 Å². The molecule has 0 aromatic rings. The molecule has 0 aliphatic carbocycles. The molecule has 0 spiro atoms. The zero-order valence-corrected chi connectivity index (χ0v) is 25.2. The van der Waals surface area contributed by atoms with Gasteiger partial charge in [-0.05, 0) is 6.42 Å². The van der Waals surface area contributed by atoms with Crippen LogP contribution in [0.25, 0.3) is 0 Å². The maximum Gasteiger partial charge on any atom is 1.00 e. The molecular weight excluding hydrogens is 449 g/mol. The Hall–Kier alpha value is 1.02. The third-order valence-electron chi connectivity index (χ3n) is 5.92. The Balaban J connectivity index is 0. The Morgan fingerprint density at radius 2 is 0.938 bits per heavy atom. The van der Waals surface area contributed by atoms with E-state index in [1.807, 2.05) is 0 Å². The zero-order valence-electron chi connectivity index (χ0n) is 21.3. The normalized spacial score (nSPS) is 11.4. The third-order valence-corrected chi connectivity index (χ3v) is 7.39. The molecule has 0 fully saturated rings. The molecule has 7 heteroatoms. The van der Waals surface area contributed by atoms with Gasteiger partial charge in [0.2, 0.25) is 10.0 Å². The van der Waals surface area contributed by atoms with Crippen LogP contribution in [0, 0.1) is 0 Å². The number of carboxylic acid groups (broad SMARTS) is 1. The van der Waals surface area contributed by atoms with Gasteiger partial charge in [-0.15, -0.1) is 0 Å². The Morgan fingerprint density at radius 3 is 1.25 bits per heavy atom. The summed E-state index contributed by atoms with van der Waals surface area (Å²) in [5.74, 6) is -1.15. The zero-order chi connectivity index (χ0) is 23.0. The number of nitrogens with one attached hydrogen (secondary N) is 1. The summed E-state index contributed by atoms with van der Waals surface area (Å²) in [6, 6.07) is 0. The van der Waals surface area contributed by atoms with Gasteiger partial charge in [0.15, 0.2) is 0 Å². The van der Waals surface area contributed by atoms with Gasteiger partial charge in [-0.2, -0.15) is 0 Å². The van der Waals surface area contributed by atoms with Crippen LogP contribution in [-0.2, 0) is 14.8 Å². The fourth-order valence-electron chi connectivity index (χ4n) is 3.93. The number of unbranched alkanes of at least 4 members (excludes halogenated alkanes) is 19. The van der Waals surface area contributed by atoms with Crippen LogP contribution >= 0.6 is 0 Å². The first-order valence-electron chi connectivity index (χ1n) is 13.1. The summed E-state index contributed by atoms with van der Waals surface area (Å²) in [7, 11) is -3.34. The second kappa shape index (κ2) is 26.6. The van der Waals surface area contributed by atoms with Crippen LogP contribution < -0.4 is 61.2 Å². The summed E-state index contributed by atoms with van der Waals surface area (Å²) < 4.78 is 25.7. The van der Waals surface area contributed by atoms with Gasteiger partial charge >= 0.3 is 51.4 Å². The molecule has 0 aromatic carbocycles. The molecule has 1 N–H and O–H groups in total. The summed E-state index contributed by atoms with van der Waals surface area (Å²) >= 11 is 0. The third kappa shape index (κ3) is 29.0. The quantitative estimate of drug-likeness (QED) is 0.155. The van der Waals surface area contributed by atoms with Crippen molar-refractivity contribution in [1.82, 2.24) is 4.72 Å². The van der Waals surface area contributed by atoms with E-state index < -0.39 is 16.0 Å². The van der Waals surface area contributed by atoms with Gasteiger partial charge in [-0.3, -0.25) is 0 Å². The Bertz CT molecular complexity index is 500. The Morgan fingerprint density at radius 1 is 0.625 bits per heavy atom. The number of hydrogen-bond donors (Lipinski definition) is 1. The number of carbonyl (C=O) groups is 1. The molecule has 0 saturated heterocycles. The fraction of sp³-hybridized carbons (Fsp3) is 0.960. The average molecular weight is 500 g/mol. The average Bonchev–Trinajstić information content (AvgIpc) is 2.72. The molecule has 0 rings (SSSR count). The van der Waals surface area contributed by atoms with Crippen LogP contribution in [0.15, 0.2) is 0 Å². The fourth-order valence-corrected chi connectivity index (χ4v) is 5.07. The van der Waals surface area contributed by atoms with E-state index in [9.17, 15) is 18.3 Å². The van der Waals surface area contributed by atoms with Crippen molar-refractivity contribution in [2.24, 2.45) is 0 Å². The van der Waals surface area contributed by atoms with E-state index in [0.29, 0.717) is 6.42 Å². The van der Waals surface area contributed by atoms with Gasteiger partial charge in [0.25, 0.3) is 0 Å². The molecule has 0 amide bonds. The first-order valence-corrected chi connectivity index (χ1v) is 14.8. The Kier molecular flexibility index (Phi) is 29.3. The van der Waals surface area contributed by atoms with Crippen molar-refractivity contribution in [3.05, 3.63) is 0 Å². The minimum absolute atomic E-state index is 0. The summed E-state index contributed by atoms with van der Waals surface area (Å²) in [6.07, 6.45) is 25.6. The molecule has 0 aromatic heterocycles. The number of rotatable bonds is 25. The minimum Gasteiger partial charge on any atom is -0.550 e. The van der Waals surface area contributed by atoms with E-state index in [1.165, 1.54) is 109 Å². The van der Waals surface area contributed by atoms with Crippen molar-refractivity contribution in [2.75, 3.05) is 12.3 Å². The second-order valence-corrected chi connectivity index (χ2v) is 11.0. The molecule has 0 bridgehead atoms. The van der Waals surface area contributed by atoms with Gasteiger partial charge < -0.3 is 9.90 Å². The second-order valence-electron chi connectivity index (χ2n) is 9.05. The standard InChI is InChI=1S/C25H51NO4S.K/c1-2-3-4-5-6-7-8-9-10-11-12-13-14-15-16-17-18-19-20-21-24-31(29,30)26-23-22-25(27)28;/h26H,2-24H2,1H3,(H,27,28);/q;+1/p-1. The van der Waals surface area contributed by atoms with Crippen molar-refractivity contribution in [2.45, 2.75) is 142 Å². The number of hydrogen-bond acceptors (Lipinski definition) is 4. The molecular formula is C25H50KNO4S. The molecule has 0 radical (unpaired) electrons. The van der Waals surface area contributed by atoms with E-state index in [-0.39, 0.29) is 70.1 Å².